The van der Waals surface area contributed by atoms with Crippen LogP contribution in [-0.4, -0.2) is 27.7 Å². The number of rotatable bonds is 7. The highest BCUT2D eigenvalue weighted by atomic mass is 35.5. The fourth-order valence-electron chi connectivity index (χ4n) is 2.32. The molecule has 0 saturated carbocycles. The third kappa shape index (κ3) is 5.98. The van der Waals surface area contributed by atoms with Gasteiger partial charge in [0.2, 0.25) is 15.9 Å². The van der Waals surface area contributed by atoms with Gasteiger partial charge in [0, 0.05) is 12.1 Å². The summed E-state index contributed by atoms with van der Waals surface area (Å²) in [5, 5.41) is 2.97. The van der Waals surface area contributed by atoms with E-state index in [1.54, 1.807) is 12.1 Å². The molecule has 0 radical (unpaired) electrons. The lowest BCUT2D eigenvalue weighted by Crippen LogP contribution is -2.30. The SMILES string of the molecule is COc1ccc(NC(=O)C[C@@H](NS(C)(=O)=O)c2ccc(F)cc2)cc1Cl. The summed E-state index contributed by atoms with van der Waals surface area (Å²) < 4.78 is 43.7. The number of anilines is 1. The van der Waals surface area contributed by atoms with Gasteiger partial charge in [-0.25, -0.2) is 17.5 Å². The first-order valence-corrected chi connectivity index (χ1v) is 9.81. The van der Waals surface area contributed by atoms with Gasteiger partial charge in [0.1, 0.15) is 11.6 Å². The van der Waals surface area contributed by atoms with Crippen molar-refractivity contribution >= 4 is 33.2 Å². The van der Waals surface area contributed by atoms with Crippen LogP contribution >= 0.6 is 11.6 Å². The van der Waals surface area contributed by atoms with Crippen LogP contribution in [0.1, 0.15) is 18.0 Å². The van der Waals surface area contributed by atoms with E-state index in [9.17, 15) is 17.6 Å². The summed E-state index contributed by atoms with van der Waals surface area (Å²) in [7, 11) is -2.10. The van der Waals surface area contributed by atoms with Crippen molar-refractivity contribution in [1.29, 1.82) is 0 Å². The third-order valence-corrected chi connectivity index (χ3v) is 4.46. The number of carbonyl (C=O) groups is 1. The molecule has 0 aliphatic heterocycles. The average Bonchev–Trinajstić information content (AvgIpc) is 2.54. The molecule has 2 rings (SSSR count). The zero-order valence-corrected chi connectivity index (χ0v) is 15.7. The third-order valence-electron chi connectivity index (χ3n) is 3.45. The molecule has 140 valence electrons. The lowest BCUT2D eigenvalue weighted by atomic mass is 10.0. The maximum atomic E-state index is 13.1. The van der Waals surface area contributed by atoms with E-state index >= 15 is 0 Å². The molecule has 2 aromatic carbocycles. The number of nitrogens with one attached hydrogen (secondary N) is 2. The van der Waals surface area contributed by atoms with Gasteiger partial charge in [0.15, 0.2) is 0 Å². The van der Waals surface area contributed by atoms with Crippen LogP contribution < -0.4 is 14.8 Å². The standard InChI is InChI=1S/C17H18ClFN2O4S/c1-25-16-8-7-13(9-14(16)18)20-17(22)10-15(21-26(2,23)24)11-3-5-12(19)6-4-11/h3-9,15,21H,10H2,1-2H3,(H,20,22)/t15-/m1/s1. The number of hydrogen-bond acceptors (Lipinski definition) is 4. The van der Waals surface area contributed by atoms with Crippen LogP contribution in [0.3, 0.4) is 0 Å². The van der Waals surface area contributed by atoms with Crippen molar-refractivity contribution in [3.05, 3.63) is 58.9 Å². The summed E-state index contributed by atoms with van der Waals surface area (Å²) >= 11 is 6.01. The van der Waals surface area contributed by atoms with Gasteiger partial charge in [-0.2, -0.15) is 0 Å². The summed E-state index contributed by atoms with van der Waals surface area (Å²) in [6.45, 7) is 0. The van der Waals surface area contributed by atoms with Crippen LogP contribution in [0.2, 0.25) is 5.02 Å². The molecule has 1 atom stereocenters. The minimum absolute atomic E-state index is 0.178. The Morgan fingerprint density at radius 1 is 1.23 bits per heavy atom. The first kappa shape index (κ1) is 20.2. The highest BCUT2D eigenvalue weighted by Crippen LogP contribution is 2.27. The van der Waals surface area contributed by atoms with Gasteiger partial charge in [-0.15, -0.1) is 0 Å². The second kappa shape index (κ2) is 8.48. The van der Waals surface area contributed by atoms with Crippen molar-refractivity contribution in [3.8, 4) is 5.75 Å². The van der Waals surface area contributed by atoms with Crippen LogP contribution in [0.15, 0.2) is 42.5 Å². The normalized spacial score (nSPS) is 12.5. The fourth-order valence-corrected chi connectivity index (χ4v) is 3.32. The number of amides is 1. The van der Waals surface area contributed by atoms with Gasteiger partial charge in [0.25, 0.3) is 0 Å². The Hall–Kier alpha value is -2.16. The Kier molecular flexibility index (Phi) is 6.57. The molecule has 0 saturated heterocycles. The average molecular weight is 401 g/mol. The van der Waals surface area contributed by atoms with E-state index in [1.165, 1.54) is 37.4 Å². The smallest absolute Gasteiger partial charge is 0.226 e. The maximum Gasteiger partial charge on any atom is 0.226 e. The molecule has 0 aromatic heterocycles. The zero-order chi connectivity index (χ0) is 19.3. The predicted octanol–water partition coefficient (Wildman–Crippen LogP) is 3.11. The molecule has 0 bridgehead atoms. The summed E-state index contributed by atoms with van der Waals surface area (Å²) in [6.07, 6.45) is 0.813. The van der Waals surface area contributed by atoms with Gasteiger partial charge in [-0.05, 0) is 35.9 Å². The number of sulfonamides is 1. The molecular formula is C17H18ClFN2O4S. The summed E-state index contributed by atoms with van der Waals surface area (Å²) in [5.74, 6) is -0.423. The van der Waals surface area contributed by atoms with E-state index in [1.807, 2.05) is 0 Å². The van der Waals surface area contributed by atoms with Gasteiger partial charge < -0.3 is 10.1 Å². The van der Waals surface area contributed by atoms with Crippen molar-refractivity contribution in [2.45, 2.75) is 12.5 Å². The second-order valence-electron chi connectivity index (χ2n) is 5.60. The van der Waals surface area contributed by atoms with Crippen molar-refractivity contribution in [3.63, 3.8) is 0 Å². The molecule has 26 heavy (non-hydrogen) atoms. The number of halogens is 2. The van der Waals surface area contributed by atoms with Crippen LogP contribution in [-0.2, 0) is 14.8 Å². The monoisotopic (exact) mass is 400 g/mol. The molecule has 1 amide bonds. The lowest BCUT2D eigenvalue weighted by molar-refractivity contribution is -0.116. The topological polar surface area (TPSA) is 84.5 Å². The number of benzene rings is 2. The Labute approximate surface area is 156 Å². The van der Waals surface area contributed by atoms with E-state index in [4.69, 9.17) is 16.3 Å². The Morgan fingerprint density at radius 2 is 1.88 bits per heavy atom. The zero-order valence-electron chi connectivity index (χ0n) is 14.1. The van der Waals surface area contributed by atoms with Crippen molar-refractivity contribution < 1.29 is 22.3 Å². The van der Waals surface area contributed by atoms with Gasteiger partial charge in [-0.3, -0.25) is 4.79 Å². The molecule has 0 aliphatic carbocycles. The van der Waals surface area contributed by atoms with Crippen LogP contribution in [0, 0.1) is 5.82 Å². The molecule has 0 heterocycles. The summed E-state index contributed by atoms with van der Waals surface area (Å²) in [6, 6.07) is 9.16. The highest BCUT2D eigenvalue weighted by molar-refractivity contribution is 7.88. The molecule has 0 fully saturated rings. The minimum Gasteiger partial charge on any atom is -0.495 e. The Balaban J connectivity index is 2.15. The molecule has 9 heteroatoms. The maximum absolute atomic E-state index is 13.1. The molecule has 0 aliphatic rings. The van der Waals surface area contributed by atoms with Crippen LogP contribution in [0.25, 0.3) is 0 Å². The molecule has 2 N–H and O–H groups in total. The summed E-state index contributed by atoms with van der Waals surface area (Å²) in [5.41, 5.74) is 0.915. The lowest BCUT2D eigenvalue weighted by Gasteiger charge is -2.18. The van der Waals surface area contributed by atoms with E-state index in [2.05, 4.69) is 10.0 Å². The minimum atomic E-state index is -3.58. The largest absolute Gasteiger partial charge is 0.495 e. The van der Waals surface area contributed by atoms with Gasteiger partial charge >= 0.3 is 0 Å². The van der Waals surface area contributed by atoms with Crippen molar-refractivity contribution in [2.24, 2.45) is 0 Å². The van der Waals surface area contributed by atoms with E-state index in [0.717, 1.165) is 6.26 Å². The Morgan fingerprint density at radius 3 is 2.42 bits per heavy atom. The summed E-state index contributed by atoms with van der Waals surface area (Å²) in [4.78, 5) is 12.3. The van der Waals surface area contributed by atoms with E-state index in [-0.39, 0.29) is 6.42 Å². The van der Waals surface area contributed by atoms with Crippen molar-refractivity contribution in [1.82, 2.24) is 4.72 Å². The van der Waals surface area contributed by atoms with Crippen molar-refractivity contribution in [2.75, 3.05) is 18.7 Å². The second-order valence-corrected chi connectivity index (χ2v) is 7.78. The quantitative estimate of drug-likeness (QED) is 0.747. The molecule has 6 nitrogen and oxygen atoms in total. The molecule has 0 unspecified atom stereocenters. The van der Waals surface area contributed by atoms with Crippen LogP contribution in [0.5, 0.6) is 5.75 Å². The first-order chi connectivity index (χ1) is 12.2. The number of methoxy groups -OCH3 is 1. The van der Waals surface area contributed by atoms with E-state index < -0.39 is 27.8 Å². The fraction of sp³-hybridized carbons (Fsp3) is 0.235. The number of ether oxygens (including phenoxy) is 1. The van der Waals surface area contributed by atoms with Gasteiger partial charge in [0.05, 0.1) is 24.4 Å². The van der Waals surface area contributed by atoms with Gasteiger partial charge in [-0.1, -0.05) is 23.7 Å². The number of carbonyl (C=O) groups excluding carboxylic acids is 1. The Bertz CT molecular complexity index is 888. The highest BCUT2D eigenvalue weighted by Gasteiger charge is 2.20. The molecular weight excluding hydrogens is 383 g/mol. The number of hydrogen-bond donors (Lipinski definition) is 2. The first-order valence-electron chi connectivity index (χ1n) is 7.54. The predicted molar refractivity (Wildman–Crippen MR) is 98.4 cm³/mol. The van der Waals surface area contributed by atoms with E-state index in [0.29, 0.717) is 22.0 Å². The molecule has 0 spiro atoms. The van der Waals surface area contributed by atoms with Crippen LogP contribution in [0.4, 0.5) is 10.1 Å². The molecule has 2 aromatic rings.